The normalized spacial score (nSPS) is 28.3. The molecule has 0 spiro atoms. The molecule has 0 bridgehead atoms. The van der Waals surface area contributed by atoms with Gasteiger partial charge in [0.2, 0.25) is 5.88 Å². The molecular formula is C15H17FN2O4S. The van der Waals surface area contributed by atoms with Crippen molar-refractivity contribution in [3.8, 4) is 5.88 Å². The summed E-state index contributed by atoms with van der Waals surface area (Å²) in [6, 6.07) is 0. The average molecular weight is 340 g/mol. The lowest BCUT2D eigenvalue weighted by Gasteiger charge is -2.29. The van der Waals surface area contributed by atoms with Crippen molar-refractivity contribution in [3.05, 3.63) is 29.6 Å². The second-order valence-corrected chi connectivity index (χ2v) is 7.86. The Morgan fingerprint density at radius 1 is 1.30 bits per heavy atom. The number of aromatic nitrogens is 2. The number of hydrogen-bond acceptors (Lipinski definition) is 6. The van der Waals surface area contributed by atoms with Crippen molar-refractivity contribution in [2.45, 2.75) is 38.0 Å². The molecule has 1 aliphatic carbocycles. The zero-order valence-electron chi connectivity index (χ0n) is 12.4. The molecule has 0 amide bonds. The molecule has 124 valence electrons. The number of carbonyl (C=O) groups excluding carboxylic acids is 1. The minimum atomic E-state index is -3.09. The highest BCUT2D eigenvalue weighted by Gasteiger charge is 2.31. The third kappa shape index (κ3) is 4.13. The number of ketones is 1. The van der Waals surface area contributed by atoms with E-state index in [2.05, 4.69) is 9.97 Å². The fourth-order valence-corrected chi connectivity index (χ4v) is 4.00. The van der Waals surface area contributed by atoms with E-state index < -0.39 is 16.0 Å². The smallest absolute Gasteiger partial charge is 0.232 e. The fraction of sp³-hybridized carbons (Fsp3) is 0.533. The lowest BCUT2D eigenvalue weighted by Crippen LogP contribution is -2.35. The molecule has 1 fully saturated rings. The van der Waals surface area contributed by atoms with E-state index in [4.69, 9.17) is 4.74 Å². The van der Waals surface area contributed by atoms with Gasteiger partial charge in [-0.2, -0.15) is 0 Å². The first kappa shape index (κ1) is 16.0. The van der Waals surface area contributed by atoms with E-state index in [-0.39, 0.29) is 41.6 Å². The molecule has 0 radical (unpaired) electrons. The number of carbonyl (C=O) groups is 1. The van der Waals surface area contributed by atoms with Crippen LogP contribution in [-0.4, -0.2) is 42.2 Å². The molecule has 3 rings (SSSR count). The molecule has 1 aromatic heterocycles. The van der Waals surface area contributed by atoms with Crippen molar-refractivity contribution >= 4 is 15.6 Å². The highest BCUT2D eigenvalue weighted by Crippen LogP contribution is 2.27. The Morgan fingerprint density at radius 2 is 2.09 bits per heavy atom. The monoisotopic (exact) mass is 340 g/mol. The van der Waals surface area contributed by atoms with Crippen molar-refractivity contribution in [2.24, 2.45) is 5.92 Å². The molecule has 6 nitrogen and oxygen atoms in total. The number of allylic oxidation sites excluding steroid dienone is 1. The Kier molecular flexibility index (Phi) is 4.43. The van der Waals surface area contributed by atoms with E-state index in [1.165, 1.54) is 17.8 Å². The summed E-state index contributed by atoms with van der Waals surface area (Å²) in [6.07, 6.45) is 4.75. The molecular weight excluding hydrogens is 323 g/mol. The molecule has 8 heteroatoms. The number of alkyl halides is 1. The van der Waals surface area contributed by atoms with E-state index >= 15 is 0 Å². The maximum atomic E-state index is 12.7. The molecule has 0 aromatic carbocycles. The van der Waals surface area contributed by atoms with Crippen LogP contribution in [0.3, 0.4) is 0 Å². The van der Waals surface area contributed by atoms with Gasteiger partial charge in [0.1, 0.15) is 18.0 Å². The first-order chi connectivity index (χ1) is 10.9. The molecule has 1 aromatic rings. The summed E-state index contributed by atoms with van der Waals surface area (Å²) in [7, 11) is -3.09. The summed E-state index contributed by atoms with van der Waals surface area (Å²) in [4.78, 5) is 20.1. The average Bonchev–Trinajstić information content (AvgIpc) is 2.83. The van der Waals surface area contributed by atoms with Crippen LogP contribution in [0, 0.1) is 5.92 Å². The highest BCUT2D eigenvalue weighted by atomic mass is 32.2. The van der Waals surface area contributed by atoms with E-state index in [1.807, 2.05) is 0 Å². The largest absolute Gasteiger partial charge is 0.473 e. The van der Waals surface area contributed by atoms with Crippen molar-refractivity contribution < 1.29 is 22.3 Å². The summed E-state index contributed by atoms with van der Waals surface area (Å²) >= 11 is 0. The van der Waals surface area contributed by atoms with Gasteiger partial charge in [0, 0.05) is 24.7 Å². The molecule has 1 atom stereocenters. The van der Waals surface area contributed by atoms with Gasteiger partial charge in [-0.1, -0.05) is 6.08 Å². The Labute approximate surface area is 133 Å². The predicted octanol–water partition coefficient (Wildman–Crippen LogP) is 1.88. The van der Waals surface area contributed by atoms with Crippen LogP contribution in [-0.2, 0) is 9.84 Å². The molecule has 1 saturated carbocycles. The zero-order valence-corrected chi connectivity index (χ0v) is 13.2. The molecule has 2 heterocycles. The zero-order chi connectivity index (χ0) is 16.4. The maximum absolute atomic E-state index is 12.7. The van der Waals surface area contributed by atoms with Gasteiger partial charge in [-0.3, -0.25) is 4.79 Å². The number of Topliss-reactive ketones (excluding diaryl/α,β-unsaturated/α-hetero) is 1. The van der Waals surface area contributed by atoms with Crippen LogP contribution in [0.15, 0.2) is 23.9 Å². The van der Waals surface area contributed by atoms with Crippen LogP contribution in [0.4, 0.5) is 4.39 Å². The number of ether oxygens (including phenoxy) is 1. The van der Waals surface area contributed by atoms with Crippen LogP contribution in [0.1, 0.15) is 36.2 Å². The number of nitrogens with zero attached hydrogens (tertiary/aromatic N) is 2. The number of hydrogen-bond donors (Lipinski definition) is 0. The predicted molar refractivity (Wildman–Crippen MR) is 80.6 cm³/mol. The molecule has 1 aliphatic heterocycles. The first-order valence-corrected chi connectivity index (χ1v) is 9.20. The number of sulfone groups is 1. The van der Waals surface area contributed by atoms with Gasteiger partial charge in [-0.05, 0) is 12.3 Å². The van der Waals surface area contributed by atoms with Gasteiger partial charge in [0.05, 0.1) is 18.1 Å². The minimum Gasteiger partial charge on any atom is -0.473 e. The quantitative estimate of drug-likeness (QED) is 0.735. The Bertz CT molecular complexity index is 711. The first-order valence-electron chi connectivity index (χ1n) is 7.48. The van der Waals surface area contributed by atoms with E-state index in [1.54, 1.807) is 6.08 Å². The lowest BCUT2D eigenvalue weighted by atomic mass is 9.94. The topological polar surface area (TPSA) is 86.2 Å². The van der Waals surface area contributed by atoms with Crippen molar-refractivity contribution in [1.29, 1.82) is 0 Å². The summed E-state index contributed by atoms with van der Waals surface area (Å²) in [5.74, 6) is 0.0413. The third-order valence-electron chi connectivity index (χ3n) is 3.99. The van der Waals surface area contributed by atoms with Gasteiger partial charge < -0.3 is 4.74 Å². The van der Waals surface area contributed by atoms with Gasteiger partial charge in [0.25, 0.3) is 0 Å². The fourth-order valence-electron chi connectivity index (χ4n) is 2.55. The van der Waals surface area contributed by atoms with Crippen LogP contribution in [0.5, 0.6) is 5.88 Å². The Hall–Kier alpha value is -1.83. The van der Waals surface area contributed by atoms with Crippen LogP contribution >= 0.6 is 0 Å². The third-order valence-corrected chi connectivity index (χ3v) is 5.45. The number of halogens is 1. The van der Waals surface area contributed by atoms with Crippen LogP contribution in [0.25, 0.3) is 0 Å². The van der Waals surface area contributed by atoms with Gasteiger partial charge in [-0.25, -0.2) is 22.8 Å². The van der Waals surface area contributed by atoms with Crippen molar-refractivity contribution in [2.75, 3.05) is 5.75 Å². The van der Waals surface area contributed by atoms with E-state index in [0.29, 0.717) is 19.3 Å². The minimum absolute atomic E-state index is 0.0652. The van der Waals surface area contributed by atoms with Gasteiger partial charge in [0.15, 0.2) is 15.6 Å². The SMILES string of the molecule is O=C(CCC1C=CS(=O)(=O)C1)c1cnc(OC2CC(F)C2)cn1. The summed E-state index contributed by atoms with van der Waals surface area (Å²) in [6.45, 7) is 0. The van der Waals surface area contributed by atoms with Crippen LogP contribution in [0.2, 0.25) is 0 Å². The Morgan fingerprint density at radius 3 is 2.65 bits per heavy atom. The molecule has 1 unspecified atom stereocenters. The maximum Gasteiger partial charge on any atom is 0.232 e. The van der Waals surface area contributed by atoms with Crippen molar-refractivity contribution in [1.82, 2.24) is 9.97 Å². The van der Waals surface area contributed by atoms with Crippen LogP contribution < -0.4 is 4.74 Å². The molecule has 0 N–H and O–H groups in total. The molecule has 23 heavy (non-hydrogen) atoms. The summed E-state index contributed by atoms with van der Waals surface area (Å²) < 4.78 is 40.7. The second-order valence-electron chi connectivity index (χ2n) is 5.93. The summed E-state index contributed by atoms with van der Waals surface area (Å²) in [5, 5.41) is 1.20. The highest BCUT2D eigenvalue weighted by molar-refractivity contribution is 7.94. The van der Waals surface area contributed by atoms with E-state index in [9.17, 15) is 17.6 Å². The Balaban J connectivity index is 1.49. The molecule has 0 saturated heterocycles. The molecule has 2 aliphatic rings. The lowest BCUT2D eigenvalue weighted by molar-refractivity contribution is 0.0375. The van der Waals surface area contributed by atoms with Gasteiger partial charge >= 0.3 is 0 Å². The standard InChI is InChI=1S/C15H17FN2O4S/c16-11-5-12(6-11)22-15-8-17-13(7-18-15)14(19)2-1-10-3-4-23(20,21)9-10/h3-4,7-8,10-12H,1-2,5-6,9H2. The summed E-state index contributed by atoms with van der Waals surface area (Å²) in [5.41, 5.74) is 0.221. The van der Waals surface area contributed by atoms with Gasteiger partial charge in [-0.15, -0.1) is 0 Å². The van der Waals surface area contributed by atoms with E-state index in [0.717, 1.165) is 0 Å². The number of rotatable bonds is 6. The van der Waals surface area contributed by atoms with Crippen molar-refractivity contribution in [3.63, 3.8) is 0 Å². The second kappa shape index (κ2) is 6.35.